The first-order valence-corrected chi connectivity index (χ1v) is 5.08. The molecule has 0 saturated heterocycles. The normalized spacial score (nSPS) is 10.1. The number of hydrogen-bond donors (Lipinski definition) is 0. The van der Waals surface area contributed by atoms with Gasteiger partial charge in [0, 0.05) is 18.2 Å². The third kappa shape index (κ3) is 2.56. The zero-order chi connectivity index (χ0) is 13.1. The molecule has 0 aliphatic heterocycles. The van der Waals surface area contributed by atoms with Crippen molar-refractivity contribution < 1.29 is 18.3 Å². The Morgan fingerprint density at radius 2 is 1.78 bits per heavy atom. The molecule has 2 radical (unpaired) electrons. The number of para-hydroxylation sites is 1. The second-order valence-electron chi connectivity index (χ2n) is 3.59. The zero-order valence-electron chi connectivity index (χ0n) is 9.19. The molecule has 0 bridgehead atoms. The SMILES string of the molecule is [B]c1cccc(C=O)c1Oc1cc(F)cc(F)c1. The van der Waals surface area contributed by atoms with E-state index in [-0.39, 0.29) is 22.5 Å². The molecule has 88 valence electrons. The number of carbonyl (C=O) groups excluding carboxylic acids is 1. The third-order valence-electron chi connectivity index (χ3n) is 2.26. The monoisotopic (exact) mass is 244 g/mol. The molecule has 0 fully saturated rings. The van der Waals surface area contributed by atoms with Crippen LogP contribution in [-0.2, 0) is 0 Å². The van der Waals surface area contributed by atoms with Crippen LogP contribution in [0.4, 0.5) is 8.78 Å². The maximum atomic E-state index is 13.0. The number of halogens is 2. The fourth-order valence-corrected chi connectivity index (χ4v) is 1.49. The van der Waals surface area contributed by atoms with E-state index in [1.807, 2.05) is 0 Å². The molecule has 2 rings (SSSR count). The second-order valence-corrected chi connectivity index (χ2v) is 3.59. The Kier molecular flexibility index (Phi) is 3.41. The second kappa shape index (κ2) is 5.00. The van der Waals surface area contributed by atoms with Crippen molar-refractivity contribution >= 4 is 19.6 Å². The Bertz CT molecular complexity index is 579. The largest absolute Gasteiger partial charge is 0.457 e. The van der Waals surface area contributed by atoms with E-state index in [2.05, 4.69) is 0 Å². The molecule has 0 atom stereocenters. The summed E-state index contributed by atoms with van der Waals surface area (Å²) in [6, 6.07) is 7.33. The van der Waals surface area contributed by atoms with Crippen molar-refractivity contribution in [1.82, 2.24) is 0 Å². The van der Waals surface area contributed by atoms with Gasteiger partial charge in [-0.15, -0.1) is 0 Å². The fraction of sp³-hybridized carbons (Fsp3) is 0. The van der Waals surface area contributed by atoms with Crippen LogP contribution in [0.2, 0.25) is 0 Å². The summed E-state index contributed by atoms with van der Waals surface area (Å²) in [5.74, 6) is -1.52. The van der Waals surface area contributed by atoms with Crippen molar-refractivity contribution in [3.63, 3.8) is 0 Å². The standard InChI is InChI=1S/C13H7BF2O2/c14-12-3-1-2-8(7-17)13(12)18-11-5-9(15)4-10(16)6-11/h1-7H. The number of benzene rings is 2. The Morgan fingerprint density at radius 1 is 1.11 bits per heavy atom. The maximum Gasteiger partial charge on any atom is 0.153 e. The summed E-state index contributed by atoms with van der Waals surface area (Å²) < 4.78 is 31.2. The van der Waals surface area contributed by atoms with Gasteiger partial charge in [0.25, 0.3) is 0 Å². The minimum absolute atomic E-state index is 0.0616. The molecule has 0 saturated carbocycles. The molecule has 2 aromatic rings. The van der Waals surface area contributed by atoms with Crippen molar-refractivity contribution in [1.29, 1.82) is 0 Å². The molecular formula is C13H7BF2O2. The summed E-state index contributed by atoms with van der Waals surface area (Å²) >= 11 is 0. The maximum absolute atomic E-state index is 13.0. The molecule has 0 N–H and O–H groups in total. The lowest BCUT2D eigenvalue weighted by molar-refractivity contribution is 0.112. The fourth-order valence-electron chi connectivity index (χ4n) is 1.49. The van der Waals surface area contributed by atoms with Crippen LogP contribution < -0.4 is 10.2 Å². The molecule has 2 nitrogen and oxygen atoms in total. The zero-order valence-corrected chi connectivity index (χ0v) is 9.19. The third-order valence-corrected chi connectivity index (χ3v) is 2.26. The first kappa shape index (κ1) is 12.3. The Morgan fingerprint density at radius 3 is 2.39 bits per heavy atom. The van der Waals surface area contributed by atoms with Gasteiger partial charge in [-0.05, 0) is 6.07 Å². The van der Waals surface area contributed by atoms with Gasteiger partial charge in [0.15, 0.2) is 6.29 Å². The van der Waals surface area contributed by atoms with Gasteiger partial charge in [-0.2, -0.15) is 0 Å². The summed E-state index contributed by atoms with van der Waals surface area (Å²) in [6.45, 7) is 0. The molecule has 18 heavy (non-hydrogen) atoms. The highest BCUT2D eigenvalue weighted by atomic mass is 19.1. The molecule has 0 heterocycles. The molecule has 0 spiro atoms. The van der Waals surface area contributed by atoms with Crippen LogP contribution in [0.25, 0.3) is 0 Å². The van der Waals surface area contributed by atoms with E-state index in [9.17, 15) is 13.6 Å². The molecule has 0 aliphatic rings. The van der Waals surface area contributed by atoms with Gasteiger partial charge >= 0.3 is 0 Å². The highest BCUT2D eigenvalue weighted by Gasteiger charge is 2.09. The smallest absolute Gasteiger partial charge is 0.153 e. The molecule has 0 aliphatic carbocycles. The summed E-state index contributed by atoms with van der Waals surface area (Å²) in [5, 5.41) is 0. The van der Waals surface area contributed by atoms with Gasteiger partial charge in [-0.1, -0.05) is 17.6 Å². The summed E-state index contributed by atoms with van der Waals surface area (Å²) in [5.41, 5.74) is 0.420. The molecule has 0 unspecified atom stereocenters. The summed E-state index contributed by atoms with van der Waals surface area (Å²) in [4.78, 5) is 10.8. The first-order chi connectivity index (χ1) is 8.60. The average molecular weight is 244 g/mol. The van der Waals surface area contributed by atoms with E-state index in [0.717, 1.165) is 18.2 Å². The Labute approximate surface area is 104 Å². The van der Waals surface area contributed by atoms with Gasteiger partial charge in [-0.3, -0.25) is 4.79 Å². The summed E-state index contributed by atoms with van der Waals surface area (Å²) in [7, 11) is 5.65. The van der Waals surface area contributed by atoms with Crippen LogP contribution in [-0.4, -0.2) is 14.1 Å². The number of rotatable bonds is 3. The van der Waals surface area contributed by atoms with E-state index in [1.54, 1.807) is 6.07 Å². The first-order valence-electron chi connectivity index (χ1n) is 5.08. The van der Waals surface area contributed by atoms with Crippen molar-refractivity contribution in [2.75, 3.05) is 0 Å². The van der Waals surface area contributed by atoms with Crippen LogP contribution in [0.5, 0.6) is 11.5 Å². The van der Waals surface area contributed by atoms with Crippen LogP contribution in [0.1, 0.15) is 10.4 Å². The van der Waals surface area contributed by atoms with Crippen molar-refractivity contribution in [3.05, 3.63) is 53.6 Å². The van der Waals surface area contributed by atoms with Gasteiger partial charge in [-0.25, -0.2) is 8.78 Å². The topological polar surface area (TPSA) is 26.3 Å². The van der Waals surface area contributed by atoms with E-state index >= 15 is 0 Å². The van der Waals surface area contributed by atoms with E-state index in [0.29, 0.717) is 6.29 Å². The van der Waals surface area contributed by atoms with E-state index in [1.165, 1.54) is 12.1 Å². The van der Waals surface area contributed by atoms with Crippen LogP contribution in [0.3, 0.4) is 0 Å². The Balaban J connectivity index is 2.42. The minimum atomic E-state index is -0.771. The van der Waals surface area contributed by atoms with Crippen molar-refractivity contribution in [2.45, 2.75) is 0 Å². The predicted molar refractivity (Wildman–Crippen MR) is 63.6 cm³/mol. The lowest BCUT2D eigenvalue weighted by Crippen LogP contribution is -2.09. The molecule has 5 heteroatoms. The van der Waals surface area contributed by atoms with Crippen molar-refractivity contribution in [2.24, 2.45) is 0 Å². The summed E-state index contributed by atoms with van der Waals surface area (Å²) in [6.07, 6.45) is 0.557. The van der Waals surface area contributed by atoms with Gasteiger partial charge in [0.05, 0.1) is 5.56 Å². The van der Waals surface area contributed by atoms with E-state index < -0.39 is 11.6 Å². The van der Waals surface area contributed by atoms with Crippen LogP contribution in [0.15, 0.2) is 36.4 Å². The molecule has 2 aromatic carbocycles. The quantitative estimate of drug-likeness (QED) is 0.611. The van der Waals surface area contributed by atoms with Gasteiger partial charge in [0.2, 0.25) is 0 Å². The molecule has 0 amide bonds. The number of carbonyl (C=O) groups is 1. The number of hydrogen-bond acceptors (Lipinski definition) is 2. The molecular weight excluding hydrogens is 237 g/mol. The highest BCUT2D eigenvalue weighted by molar-refractivity contribution is 6.34. The van der Waals surface area contributed by atoms with E-state index in [4.69, 9.17) is 12.6 Å². The predicted octanol–water partition coefficient (Wildman–Crippen LogP) is 2.36. The van der Waals surface area contributed by atoms with Crippen LogP contribution in [0, 0.1) is 11.6 Å². The average Bonchev–Trinajstić information content (AvgIpc) is 2.30. The minimum Gasteiger partial charge on any atom is -0.457 e. The molecule has 0 aromatic heterocycles. The van der Waals surface area contributed by atoms with Crippen LogP contribution >= 0.6 is 0 Å². The lowest BCUT2D eigenvalue weighted by atomic mass is 9.93. The Hall–Kier alpha value is -2.17. The van der Waals surface area contributed by atoms with Gasteiger partial charge in [0.1, 0.15) is 31.0 Å². The highest BCUT2D eigenvalue weighted by Crippen LogP contribution is 2.24. The van der Waals surface area contributed by atoms with Gasteiger partial charge < -0.3 is 4.74 Å². The van der Waals surface area contributed by atoms with Crippen molar-refractivity contribution in [3.8, 4) is 11.5 Å². The number of ether oxygens (including phenoxy) is 1. The lowest BCUT2D eigenvalue weighted by Gasteiger charge is -2.11. The number of aldehydes is 1.